The lowest BCUT2D eigenvalue weighted by Crippen LogP contribution is -2.21. The van der Waals surface area contributed by atoms with Gasteiger partial charge in [-0.3, -0.25) is 4.79 Å². The van der Waals surface area contributed by atoms with Gasteiger partial charge in [-0.25, -0.2) is 0 Å². The zero-order chi connectivity index (χ0) is 20.5. The van der Waals surface area contributed by atoms with E-state index in [1.165, 1.54) is 5.56 Å². The van der Waals surface area contributed by atoms with Crippen LogP contribution in [-0.2, 0) is 17.9 Å². The van der Waals surface area contributed by atoms with E-state index in [9.17, 15) is 4.79 Å². The molecule has 150 valence electrons. The summed E-state index contributed by atoms with van der Waals surface area (Å²) in [6.07, 6.45) is 0. The van der Waals surface area contributed by atoms with E-state index in [-0.39, 0.29) is 12.5 Å². The number of carbonyl (C=O) groups is 1. The average Bonchev–Trinajstić information content (AvgIpc) is 2.75. The minimum absolute atomic E-state index is 0.0402. The van der Waals surface area contributed by atoms with Gasteiger partial charge in [0.25, 0.3) is 5.91 Å². The quantitative estimate of drug-likeness (QED) is 0.420. The third-order valence-corrected chi connectivity index (χ3v) is 4.98. The molecule has 1 amide bonds. The van der Waals surface area contributed by atoms with Crippen molar-refractivity contribution in [1.29, 1.82) is 0 Å². The first kappa shape index (κ1) is 21.1. The largest absolute Gasteiger partial charge is 0.497 e. The number of carbonyl (C=O) groups excluding carboxylic acids is 1. The lowest BCUT2D eigenvalue weighted by molar-refractivity contribution is -0.118. The molecular weight excluding hydrogens is 479 g/mol. The molecule has 0 aromatic heterocycles. The van der Waals surface area contributed by atoms with Crippen LogP contribution in [0.1, 0.15) is 11.1 Å². The standard InChI is InChI=1S/C23H23IN2O3/c1-28-21-12-6-17(7-13-21)14-25-15-18-4-2-3-5-22(18)29-16-23(27)26-20-10-8-19(24)9-11-20/h2-13,25H,14-16H2,1H3,(H,26,27). The second kappa shape index (κ2) is 10.8. The highest BCUT2D eigenvalue weighted by molar-refractivity contribution is 14.1. The Morgan fingerprint density at radius 3 is 2.38 bits per heavy atom. The number of benzene rings is 3. The van der Waals surface area contributed by atoms with Crippen molar-refractivity contribution in [2.45, 2.75) is 13.1 Å². The molecule has 0 radical (unpaired) electrons. The molecule has 0 bridgehead atoms. The van der Waals surface area contributed by atoms with Crippen LogP contribution in [0.25, 0.3) is 0 Å². The number of hydrogen-bond donors (Lipinski definition) is 2. The summed E-state index contributed by atoms with van der Waals surface area (Å²) in [5.74, 6) is 1.36. The third kappa shape index (κ3) is 6.76. The van der Waals surface area contributed by atoms with Gasteiger partial charge in [0.15, 0.2) is 6.61 Å². The first-order valence-electron chi connectivity index (χ1n) is 9.24. The van der Waals surface area contributed by atoms with Crippen LogP contribution < -0.4 is 20.1 Å². The molecule has 0 heterocycles. The van der Waals surface area contributed by atoms with Crippen LogP contribution in [-0.4, -0.2) is 19.6 Å². The number of hydrogen-bond acceptors (Lipinski definition) is 4. The predicted molar refractivity (Wildman–Crippen MR) is 123 cm³/mol. The Hall–Kier alpha value is -2.58. The second-order valence-electron chi connectivity index (χ2n) is 6.40. The topological polar surface area (TPSA) is 59.6 Å². The van der Waals surface area contributed by atoms with Crippen molar-refractivity contribution in [2.75, 3.05) is 19.0 Å². The Labute approximate surface area is 184 Å². The van der Waals surface area contributed by atoms with E-state index in [4.69, 9.17) is 9.47 Å². The lowest BCUT2D eigenvalue weighted by Gasteiger charge is -2.12. The zero-order valence-electron chi connectivity index (χ0n) is 16.2. The van der Waals surface area contributed by atoms with Crippen molar-refractivity contribution in [2.24, 2.45) is 0 Å². The van der Waals surface area contributed by atoms with Crippen molar-refractivity contribution >= 4 is 34.2 Å². The molecule has 0 saturated carbocycles. The summed E-state index contributed by atoms with van der Waals surface area (Å²) < 4.78 is 12.1. The molecule has 0 aliphatic rings. The normalized spacial score (nSPS) is 10.4. The summed E-state index contributed by atoms with van der Waals surface area (Å²) in [5.41, 5.74) is 2.93. The van der Waals surface area contributed by atoms with E-state index >= 15 is 0 Å². The highest BCUT2D eigenvalue weighted by Gasteiger charge is 2.07. The van der Waals surface area contributed by atoms with Crippen LogP contribution in [0.3, 0.4) is 0 Å². The number of para-hydroxylation sites is 1. The molecular formula is C23H23IN2O3. The summed E-state index contributed by atoms with van der Waals surface area (Å²) in [5, 5.41) is 6.25. The number of methoxy groups -OCH3 is 1. The molecule has 0 atom stereocenters. The maximum absolute atomic E-state index is 12.2. The Morgan fingerprint density at radius 2 is 1.66 bits per heavy atom. The first-order chi connectivity index (χ1) is 14.1. The first-order valence-corrected chi connectivity index (χ1v) is 10.3. The van der Waals surface area contributed by atoms with Gasteiger partial charge >= 0.3 is 0 Å². The van der Waals surface area contributed by atoms with Crippen molar-refractivity contribution in [3.05, 3.63) is 87.5 Å². The van der Waals surface area contributed by atoms with E-state index in [2.05, 4.69) is 33.2 Å². The molecule has 0 aliphatic carbocycles. The van der Waals surface area contributed by atoms with Crippen molar-refractivity contribution in [3.63, 3.8) is 0 Å². The minimum atomic E-state index is -0.188. The summed E-state index contributed by atoms with van der Waals surface area (Å²) in [6, 6.07) is 23.3. The molecule has 0 saturated heterocycles. The highest BCUT2D eigenvalue weighted by Crippen LogP contribution is 2.18. The van der Waals surface area contributed by atoms with Crippen LogP contribution in [0.15, 0.2) is 72.8 Å². The second-order valence-corrected chi connectivity index (χ2v) is 7.65. The molecule has 0 spiro atoms. The van der Waals surface area contributed by atoms with Crippen LogP contribution in [0.5, 0.6) is 11.5 Å². The minimum Gasteiger partial charge on any atom is -0.497 e. The monoisotopic (exact) mass is 502 g/mol. The van der Waals surface area contributed by atoms with Gasteiger partial charge in [0.2, 0.25) is 0 Å². The zero-order valence-corrected chi connectivity index (χ0v) is 18.3. The molecule has 0 aliphatic heterocycles. The van der Waals surface area contributed by atoms with Gasteiger partial charge in [0.05, 0.1) is 7.11 Å². The van der Waals surface area contributed by atoms with Crippen LogP contribution in [0.2, 0.25) is 0 Å². The molecule has 3 rings (SSSR count). The van der Waals surface area contributed by atoms with Crippen molar-refractivity contribution < 1.29 is 14.3 Å². The molecule has 2 N–H and O–H groups in total. The maximum Gasteiger partial charge on any atom is 0.262 e. The highest BCUT2D eigenvalue weighted by atomic mass is 127. The van der Waals surface area contributed by atoms with Gasteiger partial charge < -0.3 is 20.1 Å². The van der Waals surface area contributed by atoms with Crippen molar-refractivity contribution in [3.8, 4) is 11.5 Å². The molecule has 0 fully saturated rings. The SMILES string of the molecule is COc1ccc(CNCc2ccccc2OCC(=O)Nc2ccc(I)cc2)cc1. The van der Waals surface area contributed by atoms with Gasteiger partial charge in [0.1, 0.15) is 11.5 Å². The fourth-order valence-electron chi connectivity index (χ4n) is 2.75. The van der Waals surface area contributed by atoms with Gasteiger partial charge in [-0.05, 0) is 70.6 Å². The number of rotatable bonds is 9. The summed E-state index contributed by atoms with van der Waals surface area (Å²) in [7, 11) is 1.66. The maximum atomic E-state index is 12.2. The number of amides is 1. The molecule has 29 heavy (non-hydrogen) atoms. The molecule has 3 aromatic rings. The average molecular weight is 502 g/mol. The predicted octanol–water partition coefficient (Wildman–Crippen LogP) is 4.61. The van der Waals surface area contributed by atoms with E-state index in [1.807, 2.05) is 72.8 Å². The Balaban J connectivity index is 1.50. The molecule has 5 nitrogen and oxygen atoms in total. The van der Waals surface area contributed by atoms with Crippen LogP contribution >= 0.6 is 22.6 Å². The smallest absolute Gasteiger partial charge is 0.262 e. The lowest BCUT2D eigenvalue weighted by atomic mass is 10.2. The molecule has 6 heteroatoms. The molecule has 0 unspecified atom stereocenters. The summed E-state index contributed by atoms with van der Waals surface area (Å²) in [4.78, 5) is 12.2. The fourth-order valence-corrected chi connectivity index (χ4v) is 3.11. The van der Waals surface area contributed by atoms with Gasteiger partial charge in [0, 0.05) is 27.9 Å². The van der Waals surface area contributed by atoms with E-state index < -0.39 is 0 Å². The number of ether oxygens (including phenoxy) is 2. The van der Waals surface area contributed by atoms with Crippen molar-refractivity contribution in [1.82, 2.24) is 5.32 Å². The Morgan fingerprint density at radius 1 is 0.931 bits per heavy atom. The summed E-state index contributed by atoms with van der Waals surface area (Å²) >= 11 is 2.23. The number of nitrogens with one attached hydrogen (secondary N) is 2. The van der Waals surface area contributed by atoms with Gasteiger partial charge in [-0.2, -0.15) is 0 Å². The van der Waals surface area contributed by atoms with E-state index in [0.29, 0.717) is 12.3 Å². The summed E-state index contributed by atoms with van der Waals surface area (Å²) in [6.45, 7) is 1.33. The van der Waals surface area contributed by atoms with Gasteiger partial charge in [-0.1, -0.05) is 30.3 Å². The number of halogens is 1. The Kier molecular flexibility index (Phi) is 7.89. The van der Waals surface area contributed by atoms with Crippen LogP contribution in [0, 0.1) is 3.57 Å². The fraction of sp³-hybridized carbons (Fsp3) is 0.174. The van der Waals surface area contributed by atoms with E-state index in [1.54, 1.807) is 7.11 Å². The van der Waals surface area contributed by atoms with E-state index in [0.717, 1.165) is 27.1 Å². The Bertz CT molecular complexity index is 928. The third-order valence-electron chi connectivity index (χ3n) is 4.26. The number of anilines is 1. The van der Waals surface area contributed by atoms with Crippen LogP contribution in [0.4, 0.5) is 5.69 Å². The van der Waals surface area contributed by atoms with Gasteiger partial charge in [-0.15, -0.1) is 0 Å². The molecule has 3 aromatic carbocycles.